The molecule has 1 aromatic heterocycles. The van der Waals surface area contributed by atoms with Crippen molar-refractivity contribution in [2.45, 2.75) is 48.6 Å². The molecule has 1 saturated carbocycles. The summed E-state index contributed by atoms with van der Waals surface area (Å²) in [7, 11) is 3.65. The molecule has 8 heteroatoms. The number of hydrogen-bond acceptors (Lipinski definition) is 7. The number of rotatable bonds is 5. The summed E-state index contributed by atoms with van der Waals surface area (Å²) >= 11 is 1.63. The number of hydrogen-bond donors (Lipinski definition) is 1. The van der Waals surface area contributed by atoms with Gasteiger partial charge in [-0.3, -0.25) is 4.79 Å². The van der Waals surface area contributed by atoms with Crippen molar-refractivity contribution in [3.8, 4) is 0 Å². The van der Waals surface area contributed by atoms with E-state index in [-0.39, 0.29) is 5.97 Å². The van der Waals surface area contributed by atoms with Crippen LogP contribution in [0.25, 0.3) is 0 Å². The third-order valence-corrected chi connectivity index (χ3v) is 5.00. The first-order valence-electron chi connectivity index (χ1n) is 6.86. The Labute approximate surface area is 122 Å². The van der Waals surface area contributed by atoms with Gasteiger partial charge in [-0.2, -0.15) is 0 Å². The number of likely N-dealkylation sites (N-methyl/N-ethyl adjacent to an activating group) is 1. The summed E-state index contributed by atoms with van der Waals surface area (Å²) < 4.78 is 6.88. The number of carbonyl (C=O) groups is 1. The molecule has 0 bridgehead atoms. The van der Waals surface area contributed by atoms with Crippen LogP contribution in [0.3, 0.4) is 0 Å². The number of aromatic nitrogens is 4. The van der Waals surface area contributed by atoms with Crippen LogP contribution >= 0.6 is 11.8 Å². The predicted octanol–water partition coefficient (Wildman–Crippen LogP) is 0.766. The molecule has 112 valence electrons. The Hall–Kier alpha value is -1.15. The fraction of sp³-hybridized carbons (Fsp3) is 0.833. The van der Waals surface area contributed by atoms with Crippen LogP contribution in [0.2, 0.25) is 0 Å². The molecule has 2 atom stereocenters. The van der Waals surface area contributed by atoms with Gasteiger partial charge in [0.15, 0.2) is 0 Å². The molecule has 1 aromatic rings. The van der Waals surface area contributed by atoms with Gasteiger partial charge in [0.05, 0.1) is 6.61 Å². The number of esters is 1. The van der Waals surface area contributed by atoms with Gasteiger partial charge in [-0.1, -0.05) is 11.8 Å². The third-order valence-electron chi connectivity index (χ3n) is 3.70. The van der Waals surface area contributed by atoms with Gasteiger partial charge in [-0.15, -0.1) is 5.10 Å². The highest BCUT2D eigenvalue weighted by Crippen LogP contribution is 2.37. The molecule has 0 amide bonds. The average molecular weight is 299 g/mol. The number of aryl methyl sites for hydroxylation is 1. The second-order valence-electron chi connectivity index (χ2n) is 4.97. The smallest absolute Gasteiger partial charge is 0.326 e. The van der Waals surface area contributed by atoms with Crippen molar-refractivity contribution in [1.29, 1.82) is 0 Å². The van der Waals surface area contributed by atoms with Crippen LogP contribution in [0.5, 0.6) is 0 Å². The van der Waals surface area contributed by atoms with Gasteiger partial charge in [-0.05, 0) is 50.1 Å². The minimum absolute atomic E-state index is 0.149. The van der Waals surface area contributed by atoms with Crippen molar-refractivity contribution in [3.05, 3.63) is 0 Å². The summed E-state index contributed by atoms with van der Waals surface area (Å²) in [5.41, 5.74) is -0.571. The van der Waals surface area contributed by atoms with Gasteiger partial charge in [0, 0.05) is 12.3 Å². The summed E-state index contributed by atoms with van der Waals surface area (Å²) in [5, 5.41) is 15.7. The third kappa shape index (κ3) is 3.12. The quantitative estimate of drug-likeness (QED) is 0.804. The average Bonchev–Trinajstić information content (AvgIpc) is 2.84. The Kier molecular flexibility index (Phi) is 4.98. The normalized spacial score (nSPS) is 26.4. The van der Waals surface area contributed by atoms with Crippen LogP contribution in [-0.2, 0) is 16.6 Å². The van der Waals surface area contributed by atoms with Crippen molar-refractivity contribution in [2.24, 2.45) is 7.05 Å². The van der Waals surface area contributed by atoms with Gasteiger partial charge in [-0.25, -0.2) is 4.68 Å². The summed E-state index contributed by atoms with van der Waals surface area (Å²) in [4.78, 5) is 12.2. The van der Waals surface area contributed by atoms with E-state index in [1.807, 2.05) is 21.0 Å². The SMILES string of the molecule is CCOC(=O)C1(NC)CCCC(Sc2nnnn2C)C1. The Morgan fingerprint density at radius 1 is 1.65 bits per heavy atom. The molecule has 7 nitrogen and oxygen atoms in total. The summed E-state index contributed by atoms with van der Waals surface area (Å²) in [6.45, 7) is 2.24. The first kappa shape index (κ1) is 15.2. The van der Waals surface area contributed by atoms with Crippen molar-refractivity contribution in [2.75, 3.05) is 13.7 Å². The maximum atomic E-state index is 12.2. The van der Waals surface area contributed by atoms with Gasteiger partial charge >= 0.3 is 5.97 Å². The zero-order valence-electron chi connectivity index (χ0n) is 12.1. The molecule has 1 aliphatic rings. The second-order valence-corrected chi connectivity index (χ2v) is 6.24. The Morgan fingerprint density at radius 3 is 3.05 bits per heavy atom. The van der Waals surface area contributed by atoms with E-state index in [1.165, 1.54) is 0 Å². The zero-order chi connectivity index (χ0) is 14.6. The van der Waals surface area contributed by atoms with E-state index < -0.39 is 5.54 Å². The van der Waals surface area contributed by atoms with E-state index in [0.29, 0.717) is 11.9 Å². The molecule has 1 aliphatic carbocycles. The maximum absolute atomic E-state index is 12.2. The molecule has 1 fully saturated rings. The lowest BCUT2D eigenvalue weighted by molar-refractivity contribution is -0.152. The van der Waals surface area contributed by atoms with Gasteiger partial charge in [0.25, 0.3) is 0 Å². The predicted molar refractivity (Wildman–Crippen MR) is 75.3 cm³/mol. The molecule has 2 rings (SSSR count). The number of nitrogens with zero attached hydrogens (tertiary/aromatic N) is 4. The minimum Gasteiger partial charge on any atom is -0.465 e. The van der Waals surface area contributed by atoms with Crippen molar-refractivity contribution in [1.82, 2.24) is 25.5 Å². The molecule has 0 saturated heterocycles. The van der Waals surface area contributed by atoms with E-state index in [1.54, 1.807) is 16.4 Å². The van der Waals surface area contributed by atoms with Crippen LogP contribution in [0.15, 0.2) is 5.16 Å². The summed E-state index contributed by atoms with van der Waals surface area (Å²) in [5.74, 6) is -0.149. The Bertz CT molecular complexity index is 466. The van der Waals surface area contributed by atoms with Crippen molar-refractivity contribution in [3.63, 3.8) is 0 Å². The monoisotopic (exact) mass is 299 g/mol. The number of tetrazole rings is 1. The number of carbonyl (C=O) groups excluding carboxylic acids is 1. The van der Waals surface area contributed by atoms with E-state index in [4.69, 9.17) is 4.74 Å². The lowest BCUT2D eigenvalue weighted by Gasteiger charge is -2.38. The molecular weight excluding hydrogens is 278 g/mol. The Morgan fingerprint density at radius 2 is 2.45 bits per heavy atom. The first-order valence-corrected chi connectivity index (χ1v) is 7.74. The fourth-order valence-corrected chi connectivity index (χ4v) is 3.80. The van der Waals surface area contributed by atoms with Crippen LogP contribution in [0, 0.1) is 0 Å². The second kappa shape index (κ2) is 6.53. The molecule has 0 aliphatic heterocycles. The summed E-state index contributed by atoms with van der Waals surface area (Å²) in [6, 6.07) is 0. The van der Waals surface area contributed by atoms with E-state index in [2.05, 4.69) is 20.8 Å². The van der Waals surface area contributed by atoms with Crippen molar-refractivity contribution >= 4 is 17.7 Å². The standard InChI is InChI=1S/C12H21N5O2S/c1-4-19-10(18)12(13-2)7-5-6-9(8-12)20-11-14-15-16-17(11)3/h9,13H,4-8H2,1-3H3. The number of ether oxygens (including phenoxy) is 1. The van der Waals surface area contributed by atoms with E-state index in [0.717, 1.165) is 30.8 Å². The largest absolute Gasteiger partial charge is 0.465 e. The molecule has 20 heavy (non-hydrogen) atoms. The van der Waals surface area contributed by atoms with E-state index in [9.17, 15) is 4.79 Å². The molecule has 0 spiro atoms. The zero-order valence-corrected chi connectivity index (χ0v) is 12.9. The molecule has 2 unspecified atom stereocenters. The fourth-order valence-electron chi connectivity index (χ4n) is 2.58. The van der Waals surface area contributed by atoms with Crippen LogP contribution < -0.4 is 5.32 Å². The highest BCUT2D eigenvalue weighted by Gasteiger charge is 2.43. The summed E-state index contributed by atoms with van der Waals surface area (Å²) in [6.07, 6.45) is 3.60. The number of thioether (sulfide) groups is 1. The van der Waals surface area contributed by atoms with Gasteiger partial charge in [0.2, 0.25) is 5.16 Å². The minimum atomic E-state index is -0.571. The highest BCUT2D eigenvalue weighted by molar-refractivity contribution is 7.99. The maximum Gasteiger partial charge on any atom is 0.326 e. The lowest BCUT2D eigenvalue weighted by atomic mass is 9.81. The van der Waals surface area contributed by atoms with Crippen LogP contribution in [0.4, 0.5) is 0 Å². The molecule has 1 N–H and O–H groups in total. The molecule has 0 aromatic carbocycles. The topological polar surface area (TPSA) is 81.9 Å². The lowest BCUT2D eigenvalue weighted by Crippen LogP contribution is -2.54. The first-order chi connectivity index (χ1) is 9.61. The highest BCUT2D eigenvalue weighted by atomic mass is 32.2. The molecule has 0 radical (unpaired) electrons. The van der Waals surface area contributed by atoms with E-state index >= 15 is 0 Å². The molecule has 1 heterocycles. The van der Waals surface area contributed by atoms with Crippen LogP contribution in [0.1, 0.15) is 32.6 Å². The number of nitrogens with one attached hydrogen (secondary N) is 1. The molecular formula is C12H21N5O2S. The van der Waals surface area contributed by atoms with Gasteiger partial charge in [0.1, 0.15) is 5.54 Å². The van der Waals surface area contributed by atoms with Gasteiger partial charge < -0.3 is 10.1 Å². The Balaban J connectivity index is 2.06. The van der Waals surface area contributed by atoms with Crippen molar-refractivity contribution < 1.29 is 9.53 Å². The van der Waals surface area contributed by atoms with Crippen LogP contribution in [-0.4, -0.2) is 50.6 Å².